The van der Waals surface area contributed by atoms with Gasteiger partial charge < -0.3 is 9.64 Å². The van der Waals surface area contributed by atoms with E-state index in [0.717, 1.165) is 22.8 Å². The van der Waals surface area contributed by atoms with Crippen LogP contribution in [0.15, 0.2) is 70.7 Å². The van der Waals surface area contributed by atoms with Crippen molar-refractivity contribution in [1.82, 2.24) is 0 Å². The molecule has 136 valence electrons. The number of hydrogen-bond donors (Lipinski definition) is 0. The summed E-state index contributed by atoms with van der Waals surface area (Å²) in [7, 11) is 1.72. The van der Waals surface area contributed by atoms with Crippen molar-refractivity contribution in [3.63, 3.8) is 0 Å². The van der Waals surface area contributed by atoms with E-state index >= 15 is 0 Å². The third-order valence-electron chi connectivity index (χ3n) is 4.75. The highest BCUT2D eigenvalue weighted by atomic mass is 35.5. The lowest BCUT2D eigenvalue weighted by atomic mass is 9.84. The molecule has 0 spiro atoms. The van der Waals surface area contributed by atoms with E-state index in [1.54, 1.807) is 7.11 Å². The lowest BCUT2D eigenvalue weighted by molar-refractivity contribution is 0.206. The van der Waals surface area contributed by atoms with Gasteiger partial charge in [0.25, 0.3) is 0 Å². The van der Waals surface area contributed by atoms with E-state index in [0.29, 0.717) is 13.2 Å². The number of fused-ring (bicyclic) bond motifs is 1. The highest BCUT2D eigenvalue weighted by molar-refractivity contribution is 6.30. The van der Waals surface area contributed by atoms with E-state index in [2.05, 4.69) is 53.2 Å². The first-order chi connectivity index (χ1) is 12.5. The summed E-state index contributed by atoms with van der Waals surface area (Å²) in [6.07, 6.45) is 1.88. The van der Waals surface area contributed by atoms with Crippen molar-refractivity contribution in [3.05, 3.63) is 76.6 Å². The first-order valence-corrected chi connectivity index (χ1v) is 9.09. The smallest absolute Gasteiger partial charge is 0.0853 e. The van der Waals surface area contributed by atoms with Crippen molar-refractivity contribution in [2.45, 2.75) is 25.8 Å². The van der Waals surface area contributed by atoms with Crippen LogP contribution < -0.4 is 4.90 Å². The Labute approximate surface area is 160 Å². The molecule has 0 atom stereocenters. The Morgan fingerprint density at radius 3 is 2.58 bits per heavy atom. The van der Waals surface area contributed by atoms with Crippen molar-refractivity contribution >= 4 is 17.3 Å². The largest absolute Gasteiger partial charge is 0.383 e. The summed E-state index contributed by atoms with van der Waals surface area (Å²) in [6.45, 7) is 6.42. The van der Waals surface area contributed by atoms with Crippen LogP contribution in [0.4, 0.5) is 5.69 Å². The second kappa shape index (κ2) is 8.02. The Morgan fingerprint density at radius 1 is 1.12 bits per heavy atom. The number of methoxy groups -OCH3 is 1. The number of para-hydroxylation sites is 1. The lowest BCUT2D eigenvalue weighted by Crippen LogP contribution is -2.28. The van der Waals surface area contributed by atoms with Crippen molar-refractivity contribution in [3.8, 4) is 0 Å². The molecule has 0 unspecified atom stereocenters. The van der Waals surface area contributed by atoms with Crippen molar-refractivity contribution in [2.75, 3.05) is 25.2 Å². The minimum absolute atomic E-state index is 0.121. The maximum Gasteiger partial charge on any atom is 0.0853 e. The molecule has 0 fully saturated rings. The van der Waals surface area contributed by atoms with Gasteiger partial charge in [-0.25, -0.2) is 0 Å². The summed E-state index contributed by atoms with van der Waals surface area (Å²) in [6, 6.07) is 16.2. The van der Waals surface area contributed by atoms with E-state index in [-0.39, 0.29) is 5.41 Å². The van der Waals surface area contributed by atoms with Crippen molar-refractivity contribution in [2.24, 2.45) is 10.2 Å². The number of anilines is 1. The third-order valence-corrected chi connectivity index (χ3v) is 5.00. The lowest BCUT2D eigenvalue weighted by Gasteiger charge is -2.26. The van der Waals surface area contributed by atoms with Crippen LogP contribution in [0.1, 0.15) is 25.0 Å². The summed E-state index contributed by atoms with van der Waals surface area (Å²) < 4.78 is 5.29. The molecule has 2 aromatic carbocycles. The quantitative estimate of drug-likeness (QED) is 0.623. The molecule has 26 heavy (non-hydrogen) atoms. The topological polar surface area (TPSA) is 37.2 Å². The summed E-state index contributed by atoms with van der Waals surface area (Å²) in [4.78, 5) is 2.28. The van der Waals surface area contributed by atoms with Crippen LogP contribution in [0.5, 0.6) is 0 Å². The second-order valence-electron chi connectivity index (χ2n) is 6.84. The average Bonchev–Trinajstić information content (AvgIpc) is 2.86. The number of ether oxygens (including phenoxy) is 1. The molecule has 0 saturated heterocycles. The van der Waals surface area contributed by atoms with Gasteiger partial charge in [0.2, 0.25) is 0 Å². The molecular formula is C21H24ClN3O. The normalized spacial score (nSPS) is 17.2. The number of halogens is 1. The van der Waals surface area contributed by atoms with E-state index < -0.39 is 0 Å². The van der Waals surface area contributed by atoms with Gasteiger partial charge in [-0.1, -0.05) is 55.8 Å². The molecule has 0 amide bonds. The molecule has 0 bridgehead atoms. The van der Waals surface area contributed by atoms with Gasteiger partial charge in [0.15, 0.2) is 0 Å². The number of nitrogens with zero attached hydrogens (tertiary/aromatic N) is 3. The monoisotopic (exact) mass is 369 g/mol. The maximum absolute atomic E-state index is 5.91. The van der Waals surface area contributed by atoms with Crippen LogP contribution in [-0.2, 0) is 16.7 Å². The molecule has 1 heterocycles. The predicted octanol–water partition coefficient (Wildman–Crippen LogP) is 5.58. The molecule has 0 aliphatic carbocycles. The van der Waals surface area contributed by atoms with Crippen LogP contribution in [-0.4, -0.2) is 20.3 Å². The Bertz CT molecular complexity index is 812. The van der Waals surface area contributed by atoms with Crippen LogP contribution in [0.2, 0.25) is 5.02 Å². The van der Waals surface area contributed by atoms with E-state index in [9.17, 15) is 0 Å². The van der Waals surface area contributed by atoms with Crippen LogP contribution in [0, 0.1) is 0 Å². The standard InChI is InChI=1S/C21H24ClN3O/c1-21(2)18-6-4-5-7-19(18)25(12-13-26-3)20(21)15-24-23-14-16-8-10-17(22)11-9-16/h4-11,15H,12-14H2,1-3H3. The predicted molar refractivity (Wildman–Crippen MR) is 107 cm³/mol. The van der Waals surface area contributed by atoms with E-state index in [1.165, 1.54) is 11.3 Å². The van der Waals surface area contributed by atoms with Gasteiger partial charge in [0.05, 0.1) is 19.4 Å². The summed E-state index contributed by atoms with van der Waals surface area (Å²) in [5.74, 6) is 0. The Morgan fingerprint density at radius 2 is 1.85 bits per heavy atom. The molecule has 1 aliphatic heterocycles. The van der Waals surface area contributed by atoms with Gasteiger partial charge in [0.1, 0.15) is 0 Å². The first kappa shape index (κ1) is 18.6. The van der Waals surface area contributed by atoms with Gasteiger partial charge in [-0.05, 0) is 29.3 Å². The molecule has 0 aromatic heterocycles. The third kappa shape index (κ3) is 3.81. The fraction of sp³-hybridized carbons (Fsp3) is 0.333. The second-order valence-corrected chi connectivity index (χ2v) is 7.28. The highest BCUT2D eigenvalue weighted by Gasteiger charge is 2.39. The molecule has 1 aliphatic rings. The SMILES string of the molecule is COCCN1C(=CN=NCc2ccc(Cl)cc2)C(C)(C)c2ccccc21. The molecule has 4 nitrogen and oxygen atoms in total. The molecule has 5 heteroatoms. The fourth-order valence-corrected chi connectivity index (χ4v) is 3.43. The van der Waals surface area contributed by atoms with Gasteiger partial charge in [-0.3, -0.25) is 0 Å². The van der Waals surface area contributed by atoms with Gasteiger partial charge in [-0.2, -0.15) is 10.2 Å². The molecule has 3 rings (SSSR count). The van der Waals surface area contributed by atoms with E-state index in [4.69, 9.17) is 16.3 Å². The van der Waals surface area contributed by atoms with E-state index in [1.807, 2.05) is 30.5 Å². The minimum Gasteiger partial charge on any atom is -0.383 e. The zero-order chi connectivity index (χ0) is 18.6. The Hall–Kier alpha value is -2.17. The van der Waals surface area contributed by atoms with Crippen LogP contribution in [0.3, 0.4) is 0 Å². The molecular weight excluding hydrogens is 346 g/mol. The molecule has 0 N–H and O–H groups in total. The molecule has 0 radical (unpaired) electrons. The molecule has 0 saturated carbocycles. The fourth-order valence-electron chi connectivity index (χ4n) is 3.31. The van der Waals surface area contributed by atoms with Crippen LogP contribution >= 0.6 is 11.6 Å². The number of allylic oxidation sites excluding steroid dienone is 1. The number of benzene rings is 2. The summed E-state index contributed by atoms with van der Waals surface area (Å²) in [5.41, 5.74) is 4.62. The zero-order valence-electron chi connectivity index (χ0n) is 15.4. The van der Waals surface area contributed by atoms with Crippen molar-refractivity contribution < 1.29 is 4.74 Å². The van der Waals surface area contributed by atoms with Crippen LogP contribution in [0.25, 0.3) is 0 Å². The maximum atomic E-state index is 5.91. The number of hydrogen-bond acceptors (Lipinski definition) is 4. The number of azo groups is 1. The number of rotatable bonds is 6. The average molecular weight is 370 g/mol. The summed E-state index contributed by atoms with van der Waals surface area (Å²) in [5, 5.41) is 9.41. The summed E-state index contributed by atoms with van der Waals surface area (Å²) >= 11 is 5.91. The van der Waals surface area contributed by atoms with Gasteiger partial charge in [0, 0.05) is 35.5 Å². The molecule has 2 aromatic rings. The first-order valence-electron chi connectivity index (χ1n) is 8.71. The Balaban J connectivity index is 1.82. The Kier molecular flexibility index (Phi) is 5.74. The zero-order valence-corrected chi connectivity index (χ0v) is 16.2. The van der Waals surface area contributed by atoms with Crippen molar-refractivity contribution in [1.29, 1.82) is 0 Å². The van der Waals surface area contributed by atoms with Gasteiger partial charge >= 0.3 is 0 Å². The van der Waals surface area contributed by atoms with Gasteiger partial charge in [-0.15, -0.1) is 0 Å². The highest BCUT2D eigenvalue weighted by Crippen LogP contribution is 2.47. The minimum atomic E-state index is -0.121.